The van der Waals surface area contributed by atoms with Gasteiger partial charge in [-0.2, -0.15) is 0 Å². The van der Waals surface area contributed by atoms with Crippen LogP contribution in [0.15, 0.2) is 24.3 Å². The predicted octanol–water partition coefficient (Wildman–Crippen LogP) is 2.50. The molecular weight excluding hydrogens is 260 g/mol. The molecule has 0 bridgehead atoms. The first-order valence-corrected chi connectivity index (χ1v) is 7.92. The van der Waals surface area contributed by atoms with Gasteiger partial charge in [-0.3, -0.25) is 4.79 Å². The molecule has 0 saturated heterocycles. The van der Waals surface area contributed by atoms with Crippen molar-refractivity contribution in [1.29, 1.82) is 0 Å². The van der Waals surface area contributed by atoms with E-state index in [1.54, 1.807) is 0 Å². The molecule has 2 N–H and O–H groups in total. The molecule has 1 amide bonds. The van der Waals surface area contributed by atoms with Crippen LogP contribution in [-0.4, -0.2) is 18.5 Å². The third kappa shape index (κ3) is 2.38. The highest BCUT2D eigenvalue weighted by atomic mass is 16.2. The van der Waals surface area contributed by atoms with Crippen molar-refractivity contribution in [3.8, 4) is 0 Å². The van der Waals surface area contributed by atoms with E-state index < -0.39 is 0 Å². The molecule has 3 heteroatoms. The van der Waals surface area contributed by atoms with E-state index in [-0.39, 0.29) is 11.9 Å². The van der Waals surface area contributed by atoms with Crippen molar-refractivity contribution in [1.82, 2.24) is 10.6 Å². The predicted molar refractivity (Wildman–Crippen MR) is 84.8 cm³/mol. The van der Waals surface area contributed by atoms with Crippen molar-refractivity contribution in [3.63, 3.8) is 0 Å². The topological polar surface area (TPSA) is 41.1 Å². The summed E-state index contributed by atoms with van der Waals surface area (Å²) in [5.41, 5.74) is 3.26. The van der Waals surface area contributed by atoms with Gasteiger partial charge < -0.3 is 10.6 Å². The van der Waals surface area contributed by atoms with Crippen molar-refractivity contribution in [3.05, 3.63) is 35.4 Å². The summed E-state index contributed by atoms with van der Waals surface area (Å²) >= 11 is 0. The molecule has 1 fully saturated rings. The van der Waals surface area contributed by atoms with E-state index in [2.05, 4.69) is 56.5 Å². The molecule has 1 aliphatic carbocycles. The van der Waals surface area contributed by atoms with Crippen LogP contribution in [0, 0.1) is 16.7 Å². The third-order valence-electron chi connectivity index (χ3n) is 6.20. The molecule has 1 atom stereocenters. The number of benzene rings is 1. The maximum absolute atomic E-state index is 12.4. The standard InChI is InChI=1S/C18H26N2O/c1-17(2)15(18(17,3)4)11-20-16(21)14-9-12-7-5-6-8-13(12)10-19-14/h5-8,14-15,19H,9-11H2,1-4H3,(H,20,21)/t14-/m0/s1. The van der Waals surface area contributed by atoms with Crippen LogP contribution in [0.5, 0.6) is 0 Å². The van der Waals surface area contributed by atoms with Gasteiger partial charge in [0.25, 0.3) is 0 Å². The lowest BCUT2D eigenvalue weighted by atomic mass is 9.95. The quantitative estimate of drug-likeness (QED) is 0.896. The first kappa shape index (κ1) is 14.6. The van der Waals surface area contributed by atoms with Gasteiger partial charge in [-0.1, -0.05) is 52.0 Å². The van der Waals surface area contributed by atoms with Crippen LogP contribution in [0.1, 0.15) is 38.8 Å². The van der Waals surface area contributed by atoms with Crippen LogP contribution < -0.4 is 10.6 Å². The zero-order chi connectivity index (χ0) is 15.3. The van der Waals surface area contributed by atoms with E-state index in [1.807, 2.05) is 6.07 Å². The lowest BCUT2D eigenvalue weighted by molar-refractivity contribution is -0.123. The second kappa shape index (κ2) is 4.84. The summed E-state index contributed by atoms with van der Waals surface area (Å²) in [5.74, 6) is 0.716. The molecule has 1 aromatic carbocycles. The monoisotopic (exact) mass is 286 g/mol. The Morgan fingerprint density at radius 1 is 1.19 bits per heavy atom. The fraction of sp³-hybridized carbons (Fsp3) is 0.611. The van der Waals surface area contributed by atoms with Gasteiger partial charge in [0.2, 0.25) is 5.91 Å². The minimum atomic E-state index is -0.0927. The molecule has 1 aliphatic heterocycles. The summed E-state index contributed by atoms with van der Waals surface area (Å²) in [4.78, 5) is 12.4. The minimum Gasteiger partial charge on any atom is -0.354 e. The fourth-order valence-electron chi connectivity index (χ4n) is 3.81. The highest BCUT2D eigenvalue weighted by molar-refractivity contribution is 5.82. The van der Waals surface area contributed by atoms with Gasteiger partial charge in [0.1, 0.15) is 0 Å². The molecule has 0 spiro atoms. The average Bonchev–Trinajstić information content (AvgIpc) is 2.85. The Morgan fingerprint density at radius 3 is 2.43 bits per heavy atom. The second-order valence-electron chi connectivity index (χ2n) is 7.65. The molecule has 1 aromatic rings. The van der Waals surface area contributed by atoms with Crippen LogP contribution in [-0.2, 0) is 17.8 Å². The Bertz CT molecular complexity index is 548. The SMILES string of the molecule is CC1(C)C(CNC(=O)[C@@H]2Cc3ccccc3CN2)C1(C)C. The second-order valence-corrected chi connectivity index (χ2v) is 7.65. The van der Waals surface area contributed by atoms with Crippen LogP contribution in [0.4, 0.5) is 0 Å². The molecule has 2 aliphatic rings. The maximum atomic E-state index is 12.4. The van der Waals surface area contributed by atoms with Gasteiger partial charge in [-0.05, 0) is 34.3 Å². The van der Waals surface area contributed by atoms with Gasteiger partial charge in [-0.15, -0.1) is 0 Å². The van der Waals surface area contributed by atoms with Gasteiger partial charge in [-0.25, -0.2) is 0 Å². The molecule has 0 unspecified atom stereocenters. The largest absolute Gasteiger partial charge is 0.354 e. The Morgan fingerprint density at radius 2 is 1.81 bits per heavy atom. The molecule has 114 valence electrons. The fourth-order valence-corrected chi connectivity index (χ4v) is 3.81. The Labute approximate surface area is 127 Å². The Balaban J connectivity index is 1.56. The maximum Gasteiger partial charge on any atom is 0.237 e. The molecule has 1 heterocycles. The van der Waals surface area contributed by atoms with Gasteiger partial charge in [0.05, 0.1) is 6.04 Å². The first-order chi connectivity index (χ1) is 9.84. The summed E-state index contributed by atoms with van der Waals surface area (Å²) in [6, 6.07) is 8.27. The van der Waals surface area contributed by atoms with Gasteiger partial charge in [0.15, 0.2) is 0 Å². The van der Waals surface area contributed by atoms with Crippen LogP contribution >= 0.6 is 0 Å². The zero-order valence-corrected chi connectivity index (χ0v) is 13.5. The van der Waals surface area contributed by atoms with Crippen molar-refractivity contribution >= 4 is 5.91 Å². The van der Waals surface area contributed by atoms with E-state index in [4.69, 9.17) is 0 Å². The van der Waals surface area contributed by atoms with E-state index in [0.717, 1.165) is 19.5 Å². The number of nitrogens with one attached hydrogen (secondary N) is 2. The third-order valence-corrected chi connectivity index (χ3v) is 6.20. The summed E-state index contributed by atoms with van der Waals surface area (Å²) < 4.78 is 0. The minimum absolute atomic E-state index is 0.0927. The number of carbonyl (C=O) groups excluding carboxylic acids is 1. The Kier molecular flexibility index (Phi) is 3.36. The summed E-state index contributed by atoms with van der Waals surface area (Å²) in [7, 11) is 0. The molecule has 1 saturated carbocycles. The molecule has 3 nitrogen and oxygen atoms in total. The molecule has 0 radical (unpaired) electrons. The lowest BCUT2D eigenvalue weighted by Gasteiger charge is -2.25. The van der Waals surface area contributed by atoms with Crippen LogP contribution in [0.3, 0.4) is 0 Å². The van der Waals surface area contributed by atoms with Crippen LogP contribution in [0.2, 0.25) is 0 Å². The zero-order valence-electron chi connectivity index (χ0n) is 13.5. The number of rotatable bonds is 3. The molecule has 21 heavy (non-hydrogen) atoms. The number of hydrogen-bond donors (Lipinski definition) is 2. The Hall–Kier alpha value is -1.35. The normalized spacial score (nSPS) is 26.0. The van der Waals surface area contributed by atoms with E-state index >= 15 is 0 Å². The smallest absolute Gasteiger partial charge is 0.237 e. The van der Waals surface area contributed by atoms with Crippen LogP contribution in [0.25, 0.3) is 0 Å². The number of fused-ring (bicyclic) bond motifs is 1. The van der Waals surface area contributed by atoms with Crippen molar-refractivity contribution in [2.24, 2.45) is 16.7 Å². The van der Waals surface area contributed by atoms with Crippen molar-refractivity contribution < 1.29 is 4.79 Å². The van der Waals surface area contributed by atoms with E-state index in [9.17, 15) is 4.79 Å². The number of carbonyl (C=O) groups is 1. The molecule has 0 aromatic heterocycles. The number of hydrogen-bond acceptors (Lipinski definition) is 2. The summed E-state index contributed by atoms with van der Waals surface area (Å²) in [5, 5.41) is 6.50. The summed E-state index contributed by atoms with van der Waals surface area (Å²) in [6.07, 6.45) is 0.791. The molecule has 3 rings (SSSR count). The molecular formula is C18H26N2O. The highest BCUT2D eigenvalue weighted by Gasteiger charge is 2.64. The van der Waals surface area contributed by atoms with Gasteiger partial charge >= 0.3 is 0 Å². The summed E-state index contributed by atoms with van der Waals surface area (Å²) in [6.45, 7) is 10.7. The van der Waals surface area contributed by atoms with Crippen molar-refractivity contribution in [2.75, 3.05) is 6.54 Å². The number of amides is 1. The lowest BCUT2D eigenvalue weighted by Crippen LogP contribution is -2.48. The first-order valence-electron chi connectivity index (χ1n) is 7.92. The van der Waals surface area contributed by atoms with Crippen molar-refractivity contribution in [2.45, 2.75) is 46.7 Å². The average molecular weight is 286 g/mol. The van der Waals surface area contributed by atoms with Gasteiger partial charge in [0, 0.05) is 13.1 Å². The highest BCUT2D eigenvalue weighted by Crippen LogP contribution is 2.67. The van der Waals surface area contributed by atoms with E-state index in [0.29, 0.717) is 16.7 Å². The van der Waals surface area contributed by atoms with E-state index in [1.165, 1.54) is 11.1 Å².